The molecule has 77 heavy (non-hydrogen) atoms. The molecule has 0 spiro atoms. The van der Waals surface area contributed by atoms with Crippen LogP contribution in [0.4, 0.5) is 0 Å². The molecular weight excluding hydrogens is 976 g/mol. The third-order valence-corrected chi connectivity index (χ3v) is 13.9. The Morgan fingerprint density at radius 1 is 0.481 bits per heavy atom. The molecule has 0 aromatic carbocycles. The summed E-state index contributed by atoms with van der Waals surface area (Å²) in [7, 11) is 1.46. The number of phosphoric ester groups is 1. The molecule has 9 nitrogen and oxygen atoms in total. The van der Waals surface area contributed by atoms with E-state index in [-0.39, 0.29) is 31.5 Å². The van der Waals surface area contributed by atoms with Crippen molar-refractivity contribution in [3.8, 4) is 0 Å². The van der Waals surface area contributed by atoms with Gasteiger partial charge in [-0.3, -0.25) is 18.6 Å². The molecule has 0 aliphatic heterocycles. The Balaban J connectivity index is 5.21. The molecule has 0 saturated carbocycles. The van der Waals surface area contributed by atoms with Gasteiger partial charge in [0.25, 0.3) is 0 Å². The SMILES string of the molecule is CC/C=C\C/C=C\C/C=C\C/C=C\C/C=C\C/C=C\CCCCCCCCC(=O)OC(/C=C\CCCCCCCCCCC)C(COP(=O)(O)OCC[N+](C)(C)C)NC(=O)CCCCCCCCC/C=C/C=C/C=C/CC. The number of unbranched alkanes of at least 4 members (excludes halogenated alkanes) is 22. The number of rotatable bonds is 54. The molecule has 0 aliphatic rings. The van der Waals surface area contributed by atoms with Crippen molar-refractivity contribution in [1.29, 1.82) is 0 Å². The van der Waals surface area contributed by atoms with Gasteiger partial charge in [-0.2, -0.15) is 0 Å². The number of phosphoric acid groups is 1. The highest BCUT2D eigenvalue weighted by Gasteiger charge is 2.30. The number of hydrogen-bond donors (Lipinski definition) is 2. The van der Waals surface area contributed by atoms with Crippen molar-refractivity contribution in [2.75, 3.05) is 40.9 Å². The molecule has 0 radical (unpaired) electrons. The first-order valence-corrected chi connectivity index (χ1v) is 32.4. The normalized spacial score (nSPS) is 14.5. The summed E-state index contributed by atoms with van der Waals surface area (Å²) in [5.74, 6) is -0.545. The van der Waals surface area contributed by atoms with E-state index in [1.165, 1.54) is 64.2 Å². The highest BCUT2D eigenvalue weighted by molar-refractivity contribution is 7.47. The van der Waals surface area contributed by atoms with Gasteiger partial charge in [-0.05, 0) is 102 Å². The number of carbonyl (C=O) groups is 2. The summed E-state index contributed by atoms with van der Waals surface area (Å²) in [6, 6.07) is -0.869. The third kappa shape index (κ3) is 56.9. The fraction of sp³-hybridized carbons (Fsp3) is 0.672. The molecule has 0 bridgehead atoms. The van der Waals surface area contributed by atoms with Crippen molar-refractivity contribution in [2.45, 2.75) is 251 Å². The summed E-state index contributed by atoms with van der Waals surface area (Å²) >= 11 is 0. The van der Waals surface area contributed by atoms with Crippen LogP contribution in [0.3, 0.4) is 0 Å². The van der Waals surface area contributed by atoms with Gasteiger partial charge < -0.3 is 19.4 Å². The number of allylic oxidation sites excluding steroid dienone is 19. The molecule has 0 aromatic rings. The summed E-state index contributed by atoms with van der Waals surface area (Å²) < 4.78 is 30.6. The molecule has 3 atom stereocenters. The van der Waals surface area contributed by atoms with Gasteiger partial charge in [0, 0.05) is 12.8 Å². The maximum Gasteiger partial charge on any atom is 0.472 e. The van der Waals surface area contributed by atoms with E-state index < -0.39 is 20.0 Å². The van der Waals surface area contributed by atoms with Gasteiger partial charge in [-0.25, -0.2) is 4.57 Å². The summed E-state index contributed by atoms with van der Waals surface area (Å²) in [4.78, 5) is 37.7. The van der Waals surface area contributed by atoms with Crippen LogP contribution >= 0.6 is 7.82 Å². The second-order valence-corrected chi connectivity index (χ2v) is 23.0. The predicted molar refractivity (Wildman–Crippen MR) is 332 cm³/mol. The Labute approximate surface area is 473 Å². The molecule has 0 rings (SSSR count). The molecule has 0 heterocycles. The van der Waals surface area contributed by atoms with E-state index in [4.69, 9.17) is 13.8 Å². The van der Waals surface area contributed by atoms with Crippen LogP contribution in [0.15, 0.2) is 122 Å². The Bertz CT molecular complexity index is 1730. The van der Waals surface area contributed by atoms with E-state index in [2.05, 4.69) is 135 Å². The number of nitrogens with one attached hydrogen (secondary N) is 1. The van der Waals surface area contributed by atoms with Crippen LogP contribution in [0.25, 0.3) is 0 Å². The zero-order chi connectivity index (χ0) is 56.4. The number of esters is 1. The van der Waals surface area contributed by atoms with E-state index in [1.54, 1.807) is 0 Å². The smallest absolute Gasteiger partial charge is 0.456 e. The van der Waals surface area contributed by atoms with Gasteiger partial charge in [0.2, 0.25) is 5.91 Å². The fourth-order valence-corrected chi connectivity index (χ4v) is 8.97. The van der Waals surface area contributed by atoms with Gasteiger partial charge in [-0.1, -0.05) is 245 Å². The summed E-state index contributed by atoms with van der Waals surface area (Å²) in [6.45, 7) is 6.72. The van der Waals surface area contributed by atoms with E-state index in [1.807, 2.05) is 33.3 Å². The molecule has 0 aromatic heterocycles. The number of hydrogen-bond acceptors (Lipinski definition) is 6. The van der Waals surface area contributed by atoms with Crippen molar-refractivity contribution >= 4 is 19.7 Å². The van der Waals surface area contributed by atoms with Gasteiger partial charge >= 0.3 is 13.8 Å². The maximum atomic E-state index is 13.5. The van der Waals surface area contributed by atoms with Crippen molar-refractivity contribution < 1.29 is 37.3 Å². The van der Waals surface area contributed by atoms with Gasteiger partial charge in [0.05, 0.1) is 33.8 Å². The number of ether oxygens (including phenoxy) is 1. The minimum Gasteiger partial charge on any atom is -0.456 e. The number of quaternary nitrogens is 1. The summed E-state index contributed by atoms with van der Waals surface area (Å²) in [5, 5.41) is 3.04. The van der Waals surface area contributed by atoms with Gasteiger partial charge in [0.15, 0.2) is 0 Å². The average molecular weight is 1090 g/mol. The average Bonchev–Trinajstić information content (AvgIpc) is 3.39. The van der Waals surface area contributed by atoms with E-state index in [9.17, 15) is 19.0 Å². The Morgan fingerprint density at radius 2 is 0.896 bits per heavy atom. The summed E-state index contributed by atoms with van der Waals surface area (Å²) in [6.07, 6.45) is 77.7. The van der Waals surface area contributed by atoms with Crippen LogP contribution in [0.5, 0.6) is 0 Å². The first-order chi connectivity index (χ1) is 37.4. The fourth-order valence-electron chi connectivity index (χ4n) is 8.24. The highest BCUT2D eigenvalue weighted by atomic mass is 31.2. The third-order valence-electron chi connectivity index (χ3n) is 13.0. The van der Waals surface area contributed by atoms with Crippen LogP contribution in [-0.2, 0) is 27.9 Å². The molecule has 1 amide bonds. The minimum absolute atomic E-state index is 0.0285. The lowest BCUT2D eigenvalue weighted by atomic mass is 10.1. The molecule has 0 aliphatic carbocycles. The van der Waals surface area contributed by atoms with Crippen LogP contribution in [0.1, 0.15) is 239 Å². The van der Waals surface area contributed by atoms with E-state index in [0.717, 1.165) is 135 Å². The largest absolute Gasteiger partial charge is 0.472 e. The number of amides is 1. The van der Waals surface area contributed by atoms with E-state index in [0.29, 0.717) is 23.9 Å². The zero-order valence-corrected chi connectivity index (χ0v) is 51.1. The van der Waals surface area contributed by atoms with Gasteiger partial charge in [-0.15, -0.1) is 0 Å². The highest BCUT2D eigenvalue weighted by Crippen LogP contribution is 2.43. The van der Waals surface area contributed by atoms with Crippen LogP contribution in [0.2, 0.25) is 0 Å². The van der Waals surface area contributed by atoms with Crippen molar-refractivity contribution in [3.05, 3.63) is 122 Å². The first kappa shape index (κ1) is 73.4. The molecule has 0 saturated heterocycles. The molecule has 0 fully saturated rings. The summed E-state index contributed by atoms with van der Waals surface area (Å²) in [5.41, 5.74) is 0. The molecular formula is C67H116N2O7P+. The quantitative estimate of drug-likeness (QED) is 0.0156. The molecule has 3 unspecified atom stereocenters. The first-order valence-electron chi connectivity index (χ1n) is 30.9. The lowest BCUT2D eigenvalue weighted by Crippen LogP contribution is -2.47. The zero-order valence-electron chi connectivity index (χ0n) is 50.2. The lowest BCUT2D eigenvalue weighted by molar-refractivity contribution is -0.870. The Kier molecular flexibility index (Phi) is 53.1. The van der Waals surface area contributed by atoms with Crippen molar-refractivity contribution in [1.82, 2.24) is 5.32 Å². The van der Waals surface area contributed by atoms with Crippen LogP contribution in [0, 0.1) is 0 Å². The van der Waals surface area contributed by atoms with Crippen LogP contribution in [-0.4, -0.2) is 74.3 Å². The lowest BCUT2D eigenvalue weighted by Gasteiger charge is -2.27. The second kappa shape index (κ2) is 55.7. The number of likely N-dealkylation sites (N-methyl/N-ethyl adjacent to an activating group) is 1. The maximum absolute atomic E-state index is 13.5. The van der Waals surface area contributed by atoms with Crippen molar-refractivity contribution in [3.63, 3.8) is 0 Å². The van der Waals surface area contributed by atoms with Gasteiger partial charge in [0.1, 0.15) is 19.3 Å². The Hall–Kier alpha value is -3.59. The monoisotopic (exact) mass is 1090 g/mol. The molecule has 10 heteroatoms. The standard InChI is InChI=1S/C67H115N2O7P/c1-7-10-13-16-19-22-25-27-29-30-31-32-33-34-35-36-37-38-40-42-45-48-51-54-57-60-67(71)76-65(58-55-52-49-46-43-24-21-18-15-12-9-3)64(63-75-77(72,73)74-62-61-69(4,5)6)68-66(70)59-56-53-50-47-44-41-39-28-26-23-20-17-14-11-8-2/h10-11,13-14,17,19-20,22-23,26-27,29,31-32,34-35,37-38,55,58,64-65H,7-9,12,15-16,18,21,24-25,28,30,33,36,39-54,56-57,59-63H2,1-6H3,(H-,68,70,72,73)/p+1/b13-10-,14-11+,20-17+,22-19-,26-23+,29-27-,32-31-,35-34-,38-37-,58-55-. The second-order valence-electron chi connectivity index (χ2n) is 21.5. The predicted octanol–water partition coefficient (Wildman–Crippen LogP) is 19.1. The Morgan fingerprint density at radius 3 is 1.39 bits per heavy atom. The minimum atomic E-state index is -4.46. The number of nitrogens with zero attached hydrogens (tertiary/aromatic N) is 1. The topological polar surface area (TPSA) is 111 Å². The van der Waals surface area contributed by atoms with Crippen LogP contribution < -0.4 is 5.32 Å². The van der Waals surface area contributed by atoms with E-state index >= 15 is 0 Å². The van der Waals surface area contributed by atoms with Crippen molar-refractivity contribution in [2.24, 2.45) is 0 Å². The molecule has 2 N–H and O–H groups in total. The molecule has 440 valence electrons. The number of carbonyl (C=O) groups excluding carboxylic acids is 2.